The first-order chi connectivity index (χ1) is 19.8. The lowest BCUT2D eigenvalue weighted by molar-refractivity contribution is -0.115. The van der Waals surface area contributed by atoms with Gasteiger partial charge in [-0.2, -0.15) is 0 Å². The number of nitrogens with zero attached hydrogens (tertiary/aromatic N) is 3. The van der Waals surface area contributed by atoms with E-state index in [4.69, 9.17) is 14.5 Å². The van der Waals surface area contributed by atoms with Crippen molar-refractivity contribution in [2.24, 2.45) is 4.99 Å². The molecule has 0 aromatic heterocycles. The summed E-state index contributed by atoms with van der Waals surface area (Å²) in [5, 5.41) is 6.27. The zero-order chi connectivity index (χ0) is 29.0. The van der Waals surface area contributed by atoms with Crippen LogP contribution >= 0.6 is 0 Å². The summed E-state index contributed by atoms with van der Waals surface area (Å²) in [7, 11) is -0.377. The first-order valence-corrected chi connectivity index (χ1v) is 15.3. The van der Waals surface area contributed by atoms with E-state index in [2.05, 4.69) is 15.5 Å². The predicted octanol–water partition coefficient (Wildman–Crippen LogP) is 3.23. The number of sulfonamides is 1. The fraction of sp³-hybridized carbons (Fsp3) is 0.333. The molecule has 1 atom stereocenters. The number of hydrogen-bond donors (Lipinski definition) is 2. The van der Waals surface area contributed by atoms with Gasteiger partial charge in [0.15, 0.2) is 11.5 Å². The van der Waals surface area contributed by atoms with Crippen LogP contribution in [0.25, 0.3) is 0 Å². The number of hydrogen-bond acceptors (Lipinski definition) is 8. The van der Waals surface area contributed by atoms with Gasteiger partial charge in [-0.1, -0.05) is 30.3 Å². The fourth-order valence-electron chi connectivity index (χ4n) is 5.25. The molecule has 41 heavy (non-hydrogen) atoms. The molecule has 0 spiro atoms. The largest absolute Gasteiger partial charge is 0.493 e. The molecular weight excluding hydrogens is 542 g/mol. The van der Waals surface area contributed by atoms with Crippen molar-refractivity contribution in [1.82, 2.24) is 10.2 Å². The van der Waals surface area contributed by atoms with Gasteiger partial charge in [-0.3, -0.25) is 19.0 Å². The number of carbonyl (C=O) groups excluding carboxylic acids is 1. The first-order valence-electron chi connectivity index (χ1n) is 13.5. The number of carbonyl (C=O) groups is 1. The van der Waals surface area contributed by atoms with Gasteiger partial charge >= 0.3 is 0 Å². The van der Waals surface area contributed by atoms with Crippen molar-refractivity contribution >= 4 is 38.7 Å². The van der Waals surface area contributed by atoms with E-state index in [0.717, 1.165) is 37.3 Å². The SMILES string of the molecule is COc1cc2c(cc1OC)C(C(=Nc1ccc(N(CCN3CCNCC3)S(C)(=O)=O)cc1)c1ccccc1)C(=O)N2. The molecule has 5 rings (SSSR count). The minimum absolute atomic E-state index is 0.203. The Kier molecular flexibility index (Phi) is 8.57. The van der Waals surface area contributed by atoms with Crippen LogP contribution in [0.2, 0.25) is 0 Å². The Morgan fingerprint density at radius 2 is 1.66 bits per heavy atom. The lowest BCUT2D eigenvalue weighted by Gasteiger charge is -2.30. The van der Waals surface area contributed by atoms with Crippen LogP contribution in [-0.4, -0.2) is 84.7 Å². The van der Waals surface area contributed by atoms with E-state index in [1.807, 2.05) is 30.3 Å². The number of piperazine rings is 1. The Balaban J connectivity index is 1.48. The summed E-state index contributed by atoms with van der Waals surface area (Å²) >= 11 is 0. The minimum atomic E-state index is -3.48. The van der Waals surface area contributed by atoms with Crippen LogP contribution in [0.5, 0.6) is 11.5 Å². The Morgan fingerprint density at radius 1 is 1.00 bits per heavy atom. The van der Waals surface area contributed by atoms with E-state index >= 15 is 0 Å². The third-order valence-corrected chi connectivity index (χ3v) is 8.54. The molecule has 0 aliphatic carbocycles. The van der Waals surface area contributed by atoms with Crippen molar-refractivity contribution in [2.75, 3.05) is 69.4 Å². The van der Waals surface area contributed by atoms with Crippen LogP contribution in [0.3, 0.4) is 0 Å². The Labute approximate surface area is 241 Å². The summed E-state index contributed by atoms with van der Waals surface area (Å²) in [6, 6.07) is 20.2. The number of aliphatic imine (C=N–C) groups is 1. The third kappa shape index (κ3) is 6.37. The van der Waals surface area contributed by atoms with Crippen LogP contribution in [-0.2, 0) is 14.8 Å². The van der Waals surface area contributed by atoms with Gasteiger partial charge in [0.25, 0.3) is 0 Å². The van der Waals surface area contributed by atoms with Gasteiger partial charge < -0.3 is 20.1 Å². The van der Waals surface area contributed by atoms with E-state index in [0.29, 0.717) is 47.4 Å². The molecule has 2 aliphatic rings. The highest BCUT2D eigenvalue weighted by Gasteiger charge is 2.36. The van der Waals surface area contributed by atoms with Gasteiger partial charge in [0.05, 0.1) is 37.6 Å². The number of amides is 1. The topological polar surface area (TPSA) is 113 Å². The average Bonchev–Trinajstić information content (AvgIpc) is 3.30. The van der Waals surface area contributed by atoms with Crippen molar-refractivity contribution in [3.8, 4) is 11.5 Å². The van der Waals surface area contributed by atoms with Gasteiger partial charge in [0, 0.05) is 51.0 Å². The molecule has 2 aliphatic heterocycles. The monoisotopic (exact) mass is 577 g/mol. The van der Waals surface area contributed by atoms with E-state index in [1.54, 1.807) is 50.6 Å². The van der Waals surface area contributed by atoms with E-state index in [1.165, 1.54) is 10.6 Å². The molecule has 0 saturated carbocycles. The van der Waals surface area contributed by atoms with E-state index in [-0.39, 0.29) is 5.91 Å². The second kappa shape index (κ2) is 12.3. The number of rotatable bonds is 10. The third-order valence-electron chi connectivity index (χ3n) is 7.35. The number of methoxy groups -OCH3 is 2. The van der Waals surface area contributed by atoms with Crippen LogP contribution in [0, 0.1) is 0 Å². The normalized spacial score (nSPS) is 17.6. The molecule has 1 saturated heterocycles. The molecule has 11 heteroatoms. The highest BCUT2D eigenvalue weighted by atomic mass is 32.2. The molecule has 3 aromatic carbocycles. The molecule has 1 fully saturated rings. The number of benzene rings is 3. The van der Waals surface area contributed by atoms with Crippen LogP contribution in [0.1, 0.15) is 17.0 Å². The smallest absolute Gasteiger partial charge is 0.238 e. The van der Waals surface area contributed by atoms with Crippen LogP contribution in [0.4, 0.5) is 17.1 Å². The number of anilines is 2. The maximum Gasteiger partial charge on any atom is 0.238 e. The summed E-state index contributed by atoms with van der Waals surface area (Å²) in [6.07, 6.45) is 1.23. The van der Waals surface area contributed by atoms with Crippen LogP contribution in [0.15, 0.2) is 71.7 Å². The molecule has 2 N–H and O–H groups in total. The average molecular weight is 578 g/mol. The molecule has 10 nitrogen and oxygen atoms in total. The first kappa shape index (κ1) is 28.6. The predicted molar refractivity (Wildman–Crippen MR) is 161 cm³/mol. The molecule has 1 unspecified atom stereocenters. The summed E-state index contributed by atoms with van der Waals surface area (Å²) < 4.78 is 37.7. The Morgan fingerprint density at radius 3 is 2.29 bits per heavy atom. The lowest BCUT2D eigenvalue weighted by Crippen LogP contribution is -2.47. The van der Waals surface area contributed by atoms with Gasteiger partial charge in [0.2, 0.25) is 15.9 Å². The van der Waals surface area contributed by atoms with Crippen molar-refractivity contribution in [3.05, 3.63) is 77.9 Å². The molecule has 2 heterocycles. The zero-order valence-corrected chi connectivity index (χ0v) is 24.3. The second-order valence-corrected chi connectivity index (χ2v) is 11.9. The number of nitrogens with one attached hydrogen (secondary N) is 2. The maximum atomic E-state index is 13.3. The standard InChI is InChI=1S/C30H35N5O5S/c1-39-26-19-24-25(20-27(26)40-2)33-30(36)28(24)29(21-7-5-4-6-8-21)32-22-9-11-23(12-10-22)35(41(3,37)38)18-17-34-15-13-31-14-16-34/h4-12,19-20,28,31H,13-18H2,1-3H3,(H,33,36). The highest BCUT2D eigenvalue weighted by molar-refractivity contribution is 7.92. The molecule has 0 radical (unpaired) electrons. The molecular formula is C30H35N5O5S. The highest BCUT2D eigenvalue weighted by Crippen LogP contribution is 2.42. The molecule has 216 valence electrons. The maximum absolute atomic E-state index is 13.3. The summed E-state index contributed by atoms with van der Waals surface area (Å²) in [4.78, 5) is 20.5. The van der Waals surface area contributed by atoms with Crippen molar-refractivity contribution in [3.63, 3.8) is 0 Å². The summed E-state index contributed by atoms with van der Waals surface area (Å²) in [5.41, 5.74) is 3.93. The lowest BCUT2D eigenvalue weighted by atomic mass is 9.90. The zero-order valence-electron chi connectivity index (χ0n) is 23.5. The van der Waals surface area contributed by atoms with Gasteiger partial charge in [0.1, 0.15) is 5.92 Å². The van der Waals surface area contributed by atoms with Crippen molar-refractivity contribution in [2.45, 2.75) is 5.92 Å². The van der Waals surface area contributed by atoms with Gasteiger partial charge in [-0.25, -0.2) is 8.42 Å². The van der Waals surface area contributed by atoms with Gasteiger partial charge in [-0.15, -0.1) is 0 Å². The molecule has 3 aromatic rings. The number of fused-ring (bicyclic) bond motifs is 1. The van der Waals surface area contributed by atoms with E-state index in [9.17, 15) is 13.2 Å². The molecule has 1 amide bonds. The fourth-order valence-corrected chi connectivity index (χ4v) is 6.17. The summed E-state index contributed by atoms with van der Waals surface area (Å²) in [5.74, 6) is 0.156. The van der Waals surface area contributed by atoms with E-state index < -0.39 is 15.9 Å². The Hall–Kier alpha value is -3.93. The van der Waals surface area contributed by atoms with Crippen molar-refractivity contribution < 1.29 is 22.7 Å². The Bertz CT molecular complexity index is 1520. The number of ether oxygens (including phenoxy) is 2. The quantitative estimate of drug-likeness (QED) is 0.356. The second-order valence-electron chi connectivity index (χ2n) is 10.0. The minimum Gasteiger partial charge on any atom is -0.493 e. The van der Waals surface area contributed by atoms with Crippen LogP contribution < -0.4 is 24.4 Å². The van der Waals surface area contributed by atoms with Gasteiger partial charge in [-0.05, 0) is 41.5 Å². The molecule has 0 bridgehead atoms. The summed E-state index contributed by atoms with van der Waals surface area (Å²) in [6.45, 7) is 4.60. The van der Waals surface area contributed by atoms with Crippen molar-refractivity contribution in [1.29, 1.82) is 0 Å².